The van der Waals surface area contributed by atoms with E-state index in [9.17, 15) is 0 Å². The van der Waals surface area contributed by atoms with Gasteiger partial charge in [0.25, 0.3) is 0 Å². The number of halogens is 1. The van der Waals surface area contributed by atoms with E-state index in [1.165, 1.54) is 10.4 Å². The summed E-state index contributed by atoms with van der Waals surface area (Å²) in [7, 11) is 0. The zero-order valence-electron chi connectivity index (χ0n) is 11.7. The Kier molecular flexibility index (Phi) is 4.12. The summed E-state index contributed by atoms with van der Waals surface area (Å²) < 4.78 is 0.936. The lowest BCUT2D eigenvalue weighted by molar-refractivity contribution is 1.08. The van der Waals surface area contributed by atoms with Gasteiger partial charge in [0.15, 0.2) is 0 Å². The molecule has 3 nitrogen and oxygen atoms in total. The van der Waals surface area contributed by atoms with Crippen molar-refractivity contribution in [2.75, 3.05) is 11.1 Å². The SMILES string of the molecule is CCc1ccsc1CNc1ccc(N)c2cc(Br)cnc12. The lowest BCUT2D eigenvalue weighted by Crippen LogP contribution is -2.02. The molecule has 3 aromatic rings. The molecular weight excluding hydrogens is 346 g/mol. The third-order valence-corrected chi connectivity index (χ3v) is 4.90. The largest absolute Gasteiger partial charge is 0.398 e. The Bertz CT molecular complexity index is 782. The van der Waals surface area contributed by atoms with Crippen molar-refractivity contribution in [3.8, 4) is 0 Å². The van der Waals surface area contributed by atoms with Crippen LogP contribution < -0.4 is 11.1 Å². The number of rotatable bonds is 4. The number of pyridine rings is 1. The smallest absolute Gasteiger partial charge is 0.0954 e. The molecule has 0 atom stereocenters. The molecule has 0 bridgehead atoms. The van der Waals surface area contributed by atoms with Crippen molar-refractivity contribution in [1.29, 1.82) is 0 Å². The van der Waals surface area contributed by atoms with E-state index in [4.69, 9.17) is 5.73 Å². The highest BCUT2D eigenvalue weighted by molar-refractivity contribution is 9.10. The third kappa shape index (κ3) is 2.89. The van der Waals surface area contributed by atoms with Crippen molar-refractivity contribution in [3.63, 3.8) is 0 Å². The quantitative estimate of drug-likeness (QED) is 0.655. The number of hydrogen-bond donors (Lipinski definition) is 2. The molecule has 5 heteroatoms. The van der Waals surface area contributed by atoms with Gasteiger partial charge in [-0.2, -0.15) is 0 Å². The topological polar surface area (TPSA) is 50.9 Å². The van der Waals surface area contributed by atoms with Crippen LogP contribution in [-0.2, 0) is 13.0 Å². The summed E-state index contributed by atoms with van der Waals surface area (Å²) in [4.78, 5) is 5.87. The molecule has 0 amide bonds. The first-order chi connectivity index (χ1) is 10.2. The minimum Gasteiger partial charge on any atom is -0.398 e. The third-order valence-electron chi connectivity index (χ3n) is 3.51. The summed E-state index contributed by atoms with van der Waals surface area (Å²) in [6, 6.07) is 8.12. The average molecular weight is 362 g/mol. The second-order valence-electron chi connectivity index (χ2n) is 4.83. The van der Waals surface area contributed by atoms with E-state index in [2.05, 4.69) is 44.6 Å². The van der Waals surface area contributed by atoms with Gasteiger partial charge in [-0.25, -0.2) is 0 Å². The first-order valence-corrected chi connectivity index (χ1v) is 8.49. The number of nitrogens with zero attached hydrogens (tertiary/aromatic N) is 1. The van der Waals surface area contributed by atoms with E-state index < -0.39 is 0 Å². The van der Waals surface area contributed by atoms with Gasteiger partial charge in [0.2, 0.25) is 0 Å². The van der Waals surface area contributed by atoms with Gasteiger partial charge in [0.05, 0.1) is 11.2 Å². The molecular formula is C16H16BrN3S. The van der Waals surface area contributed by atoms with Crippen molar-refractivity contribution in [1.82, 2.24) is 4.98 Å². The average Bonchev–Trinajstić information content (AvgIpc) is 2.94. The van der Waals surface area contributed by atoms with Crippen molar-refractivity contribution in [2.24, 2.45) is 0 Å². The Morgan fingerprint density at radius 1 is 1.33 bits per heavy atom. The number of benzene rings is 1. The van der Waals surface area contributed by atoms with E-state index in [0.717, 1.165) is 39.7 Å². The molecule has 0 unspecified atom stereocenters. The number of aryl methyl sites for hydroxylation is 1. The van der Waals surface area contributed by atoms with Gasteiger partial charge in [-0.05, 0) is 57.6 Å². The van der Waals surface area contributed by atoms with E-state index >= 15 is 0 Å². The number of anilines is 2. The number of hydrogen-bond acceptors (Lipinski definition) is 4. The van der Waals surface area contributed by atoms with Crippen LogP contribution in [-0.4, -0.2) is 4.98 Å². The summed E-state index contributed by atoms with van der Waals surface area (Å²) >= 11 is 5.23. The molecule has 0 aliphatic carbocycles. The van der Waals surface area contributed by atoms with Crippen LogP contribution in [0.15, 0.2) is 40.3 Å². The molecule has 0 saturated heterocycles. The maximum Gasteiger partial charge on any atom is 0.0954 e. The van der Waals surface area contributed by atoms with Crippen molar-refractivity contribution >= 4 is 49.5 Å². The first kappa shape index (κ1) is 14.4. The standard InChI is InChI=1S/C16H16BrN3S/c1-2-10-5-6-21-15(10)9-19-14-4-3-13(18)12-7-11(17)8-20-16(12)14/h3-8,19H,2,9,18H2,1H3. The molecule has 0 aliphatic rings. The number of nitrogens with one attached hydrogen (secondary N) is 1. The summed E-state index contributed by atoms with van der Waals surface area (Å²) in [5.41, 5.74) is 10.1. The molecule has 2 heterocycles. The monoisotopic (exact) mass is 361 g/mol. The lowest BCUT2D eigenvalue weighted by atomic mass is 10.1. The predicted molar refractivity (Wildman–Crippen MR) is 94.9 cm³/mol. The van der Waals surface area contributed by atoms with Crippen LogP contribution in [0.1, 0.15) is 17.4 Å². The van der Waals surface area contributed by atoms with Crippen LogP contribution in [0.5, 0.6) is 0 Å². The van der Waals surface area contributed by atoms with Gasteiger partial charge in [-0.1, -0.05) is 6.92 Å². The van der Waals surface area contributed by atoms with Crippen molar-refractivity contribution < 1.29 is 0 Å². The van der Waals surface area contributed by atoms with Crippen LogP contribution in [0.3, 0.4) is 0 Å². The van der Waals surface area contributed by atoms with E-state index in [-0.39, 0.29) is 0 Å². The molecule has 0 aliphatic heterocycles. The fraction of sp³-hybridized carbons (Fsp3) is 0.188. The highest BCUT2D eigenvalue weighted by atomic mass is 79.9. The van der Waals surface area contributed by atoms with E-state index in [1.807, 2.05) is 18.2 Å². The number of fused-ring (bicyclic) bond motifs is 1. The molecule has 2 aromatic heterocycles. The van der Waals surface area contributed by atoms with Crippen molar-refractivity contribution in [2.45, 2.75) is 19.9 Å². The Morgan fingerprint density at radius 3 is 3.00 bits per heavy atom. The van der Waals surface area contributed by atoms with Crippen LogP contribution in [0.25, 0.3) is 10.9 Å². The fourth-order valence-corrected chi connectivity index (χ4v) is 3.62. The van der Waals surface area contributed by atoms with Crippen LogP contribution in [0, 0.1) is 0 Å². The molecule has 1 aromatic carbocycles. The van der Waals surface area contributed by atoms with E-state index in [0.29, 0.717) is 0 Å². The van der Waals surface area contributed by atoms with Crippen LogP contribution in [0.2, 0.25) is 0 Å². The van der Waals surface area contributed by atoms with Crippen LogP contribution in [0.4, 0.5) is 11.4 Å². The number of thiophene rings is 1. The van der Waals surface area contributed by atoms with Crippen LogP contribution >= 0.6 is 27.3 Å². The minimum atomic E-state index is 0.745. The van der Waals surface area contributed by atoms with Crippen molar-refractivity contribution in [3.05, 3.63) is 50.8 Å². The molecule has 0 radical (unpaired) electrons. The highest BCUT2D eigenvalue weighted by Gasteiger charge is 2.08. The fourth-order valence-electron chi connectivity index (χ4n) is 2.37. The second-order valence-corrected chi connectivity index (χ2v) is 6.74. The molecule has 3 N–H and O–H groups in total. The Morgan fingerprint density at radius 2 is 2.19 bits per heavy atom. The Hall–Kier alpha value is -1.59. The van der Waals surface area contributed by atoms with Gasteiger partial charge in [-0.15, -0.1) is 11.3 Å². The molecule has 0 spiro atoms. The zero-order valence-corrected chi connectivity index (χ0v) is 14.1. The summed E-state index contributed by atoms with van der Waals surface area (Å²) in [5.74, 6) is 0. The highest BCUT2D eigenvalue weighted by Crippen LogP contribution is 2.29. The van der Waals surface area contributed by atoms with E-state index in [1.54, 1.807) is 17.5 Å². The number of nitrogens with two attached hydrogens (primary N) is 1. The zero-order chi connectivity index (χ0) is 14.8. The van der Waals surface area contributed by atoms with Gasteiger partial charge < -0.3 is 11.1 Å². The normalized spacial score (nSPS) is 11.0. The molecule has 0 saturated carbocycles. The second kappa shape index (κ2) is 6.03. The summed E-state index contributed by atoms with van der Waals surface area (Å²) in [5, 5.41) is 6.60. The number of aromatic nitrogens is 1. The minimum absolute atomic E-state index is 0.745. The maximum absolute atomic E-state index is 6.04. The molecule has 108 valence electrons. The van der Waals surface area contributed by atoms with Gasteiger partial charge in [0, 0.05) is 33.2 Å². The molecule has 0 fully saturated rings. The Labute approximate surface area is 136 Å². The molecule has 21 heavy (non-hydrogen) atoms. The number of nitrogen functional groups attached to an aromatic ring is 1. The first-order valence-electron chi connectivity index (χ1n) is 6.82. The van der Waals surface area contributed by atoms with Gasteiger partial charge in [0.1, 0.15) is 0 Å². The summed E-state index contributed by atoms with van der Waals surface area (Å²) in [6.45, 7) is 3.00. The van der Waals surface area contributed by atoms with Gasteiger partial charge in [-0.3, -0.25) is 4.98 Å². The summed E-state index contributed by atoms with van der Waals surface area (Å²) in [6.07, 6.45) is 2.86. The van der Waals surface area contributed by atoms with Gasteiger partial charge >= 0.3 is 0 Å². The maximum atomic E-state index is 6.04. The predicted octanol–water partition coefficient (Wildman–Crippen LogP) is 4.82. The lowest BCUT2D eigenvalue weighted by Gasteiger charge is -2.11. The Balaban J connectivity index is 1.92. The molecule has 3 rings (SSSR count).